The summed E-state index contributed by atoms with van der Waals surface area (Å²) in [5, 5.41) is 9.05. The molecule has 2 amide bonds. The zero-order chi connectivity index (χ0) is 18.2. The van der Waals surface area contributed by atoms with Crippen LogP contribution in [0.4, 0.5) is 10.2 Å². The van der Waals surface area contributed by atoms with E-state index in [1.54, 1.807) is 30.0 Å². The van der Waals surface area contributed by atoms with E-state index in [1.165, 1.54) is 12.1 Å². The first-order chi connectivity index (χ1) is 12.0. The second kappa shape index (κ2) is 8.93. The van der Waals surface area contributed by atoms with Crippen LogP contribution in [0.5, 0.6) is 0 Å². The van der Waals surface area contributed by atoms with E-state index in [0.717, 1.165) is 5.56 Å². The predicted octanol–water partition coefficient (Wildman–Crippen LogP) is 1.70. The number of aryl methyl sites for hydroxylation is 1. The lowest BCUT2D eigenvalue weighted by molar-refractivity contribution is -0.123. The summed E-state index contributed by atoms with van der Waals surface area (Å²) in [5.41, 5.74) is 0.803. The van der Waals surface area contributed by atoms with Crippen molar-refractivity contribution in [3.63, 3.8) is 0 Å². The fraction of sp³-hybridized carbons (Fsp3) is 0.353. The van der Waals surface area contributed by atoms with Crippen LogP contribution in [0.25, 0.3) is 0 Å². The first-order valence-corrected chi connectivity index (χ1v) is 7.93. The van der Waals surface area contributed by atoms with Crippen molar-refractivity contribution >= 4 is 17.6 Å². The number of hydrogen-bond acceptors (Lipinski definition) is 5. The lowest BCUT2D eigenvalue weighted by Crippen LogP contribution is -2.40. The number of carbonyl (C=O) groups is 2. The Bertz CT molecular complexity index is 715. The Morgan fingerprint density at radius 3 is 2.48 bits per heavy atom. The van der Waals surface area contributed by atoms with Crippen molar-refractivity contribution in [2.24, 2.45) is 0 Å². The molecule has 1 aromatic carbocycles. The summed E-state index contributed by atoms with van der Waals surface area (Å²) in [6.07, 6.45) is 0. The highest BCUT2D eigenvalue weighted by molar-refractivity contribution is 5.91. The monoisotopic (exact) mass is 348 g/mol. The zero-order valence-electron chi connectivity index (χ0n) is 14.2. The Morgan fingerprint density at radius 1 is 1.20 bits per heavy atom. The molecule has 1 heterocycles. The molecular weight excluding hydrogens is 327 g/mol. The SMILES string of the molecule is CCN(CC(=O)NCc1ccc(F)cc1)CC(=O)Nc1cc(C)on1. The number of halogens is 1. The van der Waals surface area contributed by atoms with Gasteiger partial charge in [-0.15, -0.1) is 0 Å². The van der Waals surface area contributed by atoms with Crippen LogP contribution >= 0.6 is 0 Å². The van der Waals surface area contributed by atoms with Crippen LogP contribution in [0.15, 0.2) is 34.9 Å². The van der Waals surface area contributed by atoms with E-state index >= 15 is 0 Å². The number of hydrogen-bond donors (Lipinski definition) is 2. The van der Waals surface area contributed by atoms with E-state index in [-0.39, 0.29) is 30.7 Å². The molecule has 2 rings (SSSR count). The van der Waals surface area contributed by atoms with Crippen molar-refractivity contribution in [1.82, 2.24) is 15.4 Å². The van der Waals surface area contributed by atoms with Gasteiger partial charge >= 0.3 is 0 Å². The maximum absolute atomic E-state index is 12.8. The molecule has 0 aliphatic heterocycles. The fourth-order valence-electron chi connectivity index (χ4n) is 2.15. The summed E-state index contributed by atoms with van der Waals surface area (Å²) in [6, 6.07) is 7.52. The average Bonchev–Trinajstić information content (AvgIpc) is 2.98. The molecule has 0 saturated heterocycles. The second-order valence-corrected chi connectivity index (χ2v) is 5.58. The maximum Gasteiger partial charge on any atom is 0.239 e. The third-order valence-corrected chi connectivity index (χ3v) is 3.48. The molecule has 0 radical (unpaired) electrons. The standard InChI is InChI=1S/C17H21FN4O3/c1-3-22(11-17(24)20-15-8-12(2)25-21-15)10-16(23)19-9-13-4-6-14(18)7-5-13/h4-8H,3,9-11H2,1-2H3,(H,19,23)(H,20,21,24). The number of nitrogens with zero attached hydrogens (tertiary/aromatic N) is 2. The van der Waals surface area contributed by atoms with Gasteiger partial charge in [-0.05, 0) is 31.2 Å². The van der Waals surface area contributed by atoms with Gasteiger partial charge in [0.1, 0.15) is 11.6 Å². The van der Waals surface area contributed by atoms with Gasteiger partial charge in [0, 0.05) is 12.6 Å². The number of aromatic nitrogens is 1. The summed E-state index contributed by atoms with van der Waals surface area (Å²) < 4.78 is 17.7. The number of benzene rings is 1. The summed E-state index contributed by atoms with van der Waals surface area (Å²) in [7, 11) is 0. The Morgan fingerprint density at radius 2 is 1.88 bits per heavy atom. The summed E-state index contributed by atoms with van der Waals surface area (Å²) in [6.45, 7) is 4.58. The molecule has 134 valence electrons. The van der Waals surface area contributed by atoms with Gasteiger partial charge in [0.05, 0.1) is 13.1 Å². The lowest BCUT2D eigenvalue weighted by atomic mass is 10.2. The summed E-state index contributed by atoms with van der Waals surface area (Å²) in [4.78, 5) is 25.7. The first-order valence-electron chi connectivity index (χ1n) is 7.93. The van der Waals surface area contributed by atoms with Gasteiger partial charge in [-0.25, -0.2) is 4.39 Å². The van der Waals surface area contributed by atoms with Crippen molar-refractivity contribution < 1.29 is 18.5 Å². The molecule has 0 spiro atoms. The minimum Gasteiger partial charge on any atom is -0.360 e. The molecule has 0 atom stereocenters. The topological polar surface area (TPSA) is 87.5 Å². The van der Waals surface area contributed by atoms with Crippen LogP contribution in [-0.4, -0.2) is 41.5 Å². The number of amides is 2. The molecule has 0 aliphatic carbocycles. The van der Waals surface area contributed by atoms with Gasteiger partial charge in [0.25, 0.3) is 0 Å². The Hall–Kier alpha value is -2.74. The van der Waals surface area contributed by atoms with E-state index in [1.807, 2.05) is 6.92 Å². The van der Waals surface area contributed by atoms with E-state index in [4.69, 9.17) is 4.52 Å². The Kier molecular flexibility index (Phi) is 6.64. The third kappa shape index (κ3) is 6.34. The van der Waals surface area contributed by atoms with Crippen molar-refractivity contribution in [1.29, 1.82) is 0 Å². The van der Waals surface area contributed by atoms with Crippen LogP contribution in [0.3, 0.4) is 0 Å². The molecule has 25 heavy (non-hydrogen) atoms. The molecule has 0 bridgehead atoms. The number of likely N-dealkylation sites (N-methyl/N-ethyl adjacent to an activating group) is 1. The summed E-state index contributed by atoms with van der Waals surface area (Å²) >= 11 is 0. The Labute approximate surface area is 145 Å². The minimum atomic E-state index is -0.319. The molecule has 0 saturated carbocycles. The van der Waals surface area contributed by atoms with Crippen molar-refractivity contribution in [3.05, 3.63) is 47.5 Å². The molecule has 7 nitrogen and oxygen atoms in total. The number of rotatable bonds is 8. The highest BCUT2D eigenvalue weighted by atomic mass is 19.1. The van der Waals surface area contributed by atoms with Crippen molar-refractivity contribution in [2.75, 3.05) is 25.0 Å². The van der Waals surface area contributed by atoms with Gasteiger partial charge in [-0.2, -0.15) is 0 Å². The predicted molar refractivity (Wildman–Crippen MR) is 90.2 cm³/mol. The maximum atomic E-state index is 12.8. The number of anilines is 1. The van der Waals surface area contributed by atoms with Gasteiger partial charge in [-0.1, -0.05) is 24.2 Å². The zero-order valence-corrected chi connectivity index (χ0v) is 14.2. The number of carbonyl (C=O) groups excluding carboxylic acids is 2. The van der Waals surface area contributed by atoms with E-state index in [2.05, 4.69) is 15.8 Å². The average molecular weight is 348 g/mol. The molecule has 0 unspecified atom stereocenters. The van der Waals surface area contributed by atoms with Gasteiger partial charge in [0.2, 0.25) is 11.8 Å². The number of nitrogens with one attached hydrogen (secondary N) is 2. The molecule has 2 N–H and O–H groups in total. The normalized spacial score (nSPS) is 10.7. The Balaban J connectivity index is 1.76. The van der Waals surface area contributed by atoms with E-state index in [0.29, 0.717) is 24.7 Å². The quantitative estimate of drug-likeness (QED) is 0.758. The minimum absolute atomic E-state index is 0.0619. The molecular formula is C17H21FN4O3. The molecule has 8 heteroatoms. The molecule has 0 fully saturated rings. The third-order valence-electron chi connectivity index (χ3n) is 3.48. The van der Waals surface area contributed by atoms with Crippen LogP contribution in [0.1, 0.15) is 18.2 Å². The molecule has 2 aromatic rings. The van der Waals surface area contributed by atoms with Gasteiger partial charge < -0.3 is 15.2 Å². The summed E-state index contributed by atoms with van der Waals surface area (Å²) in [5.74, 6) is 0.139. The van der Waals surface area contributed by atoms with Crippen LogP contribution in [0.2, 0.25) is 0 Å². The molecule has 0 aliphatic rings. The van der Waals surface area contributed by atoms with Crippen LogP contribution in [-0.2, 0) is 16.1 Å². The fourth-order valence-corrected chi connectivity index (χ4v) is 2.15. The highest BCUT2D eigenvalue weighted by Gasteiger charge is 2.14. The van der Waals surface area contributed by atoms with Gasteiger partial charge in [0.15, 0.2) is 5.82 Å². The van der Waals surface area contributed by atoms with Crippen molar-refractivity contribution in [2.45, 2.75) is 20.4 Å². The smallest absolute Gasteiger partial charge is 0.239 e. The van der Waals surface area contributed by atoms with E-state index < -0.39 is 0 Å². The highest BCUT2D eigenvalue weighted by Crippen LogP contribution is 2.07. The van der Waals surface area contributed by atoms with Crippen molar-refractivity contribution in [3.8, 4) is 0 Å². The van der Waals surface area contributed by atoms with E-state index in [9.17, 15) is 14.0 Å². The molecule has 1 aromatic heterocycles. The van der Waals surface area contributed by atoms with Gasteiger partial charge in [-0.3, -0.25) is 14.5 Å². The second-order valence-electron chi connectivity index (χ2n) is 5.58. The first kappa shape index (κ1) is 18.6. The van der Waals surface area contributed by atoms with Crippen LogP contribution in [0, 0.1) is 12.7 Å². The van der Waals surface area contributed by atoms with Crippen LogP contribution < -0.4 is 10.6 Å². The lowest BCUT2D eigenvalue weighted by Gasteiger charge is -2.19. The largest absolute Gasteiger partial charge is 0.360 e.